The highest BCUT2D eigenvalue weighted by Crippen LogP contribution is 2.39. The van der Waals surface area contributed by atoms with E-state index in [-0.39, 0.29) is 29.8 Å². The van der Waals surface area contributed by atoms with Gasteiger partial charge in [0.05, 0.1) is 21.9 Å². The first-order valence-electron chi connectivity index (χ1n) is 12.6. The average molecular weight is 545 g/mol. The van der Waals surface area contributed by atoms with Gasteiger partial charge < -0.3 is 21.3 Å². The zero-order valence-electron chi connectivity index (χ0n) is 20.6. The summed E-state index contributed by atoms with van der Waals surface area (Å²) in [6.45, 7) is 2.98. The molecule has 0 radical (unpaired) electrons. The van der Waals surface area contributed by atoms with E-state index in [1.165, 1.54) is 0 Å². The molecule has 1 saturated carbocycles. The Bertz CT molecular complexity index is 1300. The average Bonchev–Trinajstić information content (AvgIpc) is 3.23. The van der Waals surface area contributed by atoms with Gasteiger partial charge in [0.1, 0.15) is 5.52 Å². The molecule has 1 aliphatic heterocycles. The molecule has 2 fully saturated rings. The summed E-state index contributed by atoms with van der Waals surface area (Å²) >= 11 is 12.9. The second kappa shape index (κ2) is 10.7. The minimum Gasteiger partial charge on any atom is -0.369 e. The molecule has 196 valence electrons. The summed E-state index contributed by atoms with van der Waals surface area (Å²) in [5.74, 6) is 0.733. The van der Waals surface area contributed by atoms with Gasteiger partial charge in [-0.15, -0.1) is 0 Å². The summed E-state index contributed by atoms with van der Waals surface area (Å²) < 4.78 is 2.06. The molecule has 0 unspecified atom stereocenters. The minimum absolute atomic E-state index is 0.0509. The largest absolute Gasteiger partial charge is 0.369 e. The number of amides is 2. The third-order valence-corrected chi connectivity index (χ3v) is 7.93. The van der Waals surface area contributed by atoms with Crippen LogP contribution < -0.4 is 16.4 Å². The van der Waals surface area contributed by atoms with Crippen molar-refractivity contribution in [3.63, 3.8) is 0 Å². The van der Waals surface area contributed by atoms with Crippen molar-refractivity contribution in [3.05, 3.63) is 34.4 Å². The van der Waals surface area contributed by atoms with E-state index in [0.717, 1.165) is 32.2 Å². The van der Waals surface area contributed by atoms with E-state index in [2.05, 4.69) is 20.2 Å². The van der Waals surface area contributed by atoms with Crippen LogP contribution in [0.2, 0.25) is 10.0 Å². The molecule has 3 heterocycles. The van der Waals surface area contributed by atoms with Crippen molar-refractivity contribution in [3.8, 4) is 0 Å². The fourth-order valence-corrected chi connectivity index (χ4v) is 5.80. The van der Waals surface area contributed by atoms with Gasteiger partial charge in [0, 0.05) is 38.0 Å². The van der Waals surface area contributed by atoms with Crippen molar-refractivity contribution in [2.45, 2.75) is 57.5 Å². The Morgan fingerprint density at radius 3 is 2.49 bits per heavy atom. The fraction of sp³-hybridized carbons (Fsp3) is 0.480. The smallest absolute Gasteiger partial charge is 0.225 e. The van der Waals surface area contributed by atoms with E-state index >= 15 is 0 Å². The van der Waals surface area contributed by atoms with Crippen LogP contribution in [-0.2, 0) is 9.59 Å². The monoisotopic (exact) mass is 544 g/mol. The zero-order valence-corrected chi connectivity index (χ0v) is 22.1. The summed E-state index contributed by atoms with van der Waals surface area (Å²) in [6, 6.07) is 5.42. The van der Waals surface area contributed by atoms with Crippen LogP contribution in [-0.4, -0.2) is 55.4 Å². The van der Waals surface area contributed by atoms with Gasteiger partial charge >= 0.3 is 0 Å². The Hall–Kier alpha value is -3.11. The number of nitrogens with zero attached hydrogens (tertiary/aromatic N) is 5. The molecule has 1 saturated heterocycles. The van der Waals surface area contributed by atoms with Gasteiger partial charge in [0.15, 0.2) is 5.65 Å². The normalized spacial score (nSPS) is 22.1. The molecule has 1 atom stereocenters. The van der Waals surface area contributed by atoms with Crippen LogP contribution in [0.3, 0.4) is 0 Å². The van der Waals surface area contributed by atoms with Gasteiger partial charge in [-0.25, -0.2) is 9.97 Å². The number of hydrogen-bond acceptors (Lipinski definition) is 7. The molecule has 2 amide bonds. The fourth-order valence-electron chi connectivity index (χ4n) is 5.31. The summed E-state index contributed by atoms with van der Waals surface area (Å²) in [5, 5.41) is 7.67. The highest BCUT2D eigenvalue weighted by molar-refractivity contribution is 6.39. The molecule has 10 nitrogen and oxygen atoms in total. The van der Waals surface area contributed by atoms with Gasteiger partial charge in [-0.3, -0.25) is 14.2 Å². The number of fused-ring (bicyclic) bond motifs is 1. The van der Waals surface area contributed by atoms with Crippen molar-refractivity contribution in [1.29, 1.82) is 0 Å². The molecule has 1 aromatic carbocycles. The van der Waals surface area contributed by atoms with E-state index < -0.39 is 0 Å². The van der Waals surface area contributed by atoms with E-state index in [0.29, 0.717) is 58.2 Å². The number of carbonyl (C=O) groups is 2. The molecule has 0 spiro atoms. The van der Waals surface area contributed by atoms with E-state index in [4.69, 9.17) is 38.9 Å². The molecular weight excluding hydrogens is 515 g/mol. The minimum atomic E-state index is -0.254. The Balaban J connectivity index is 1.49. The number of benzene rings is 1. The van der Waals surface area contributed by atoms with Gasteiger partial charge in [-0.05, 0) is 50.7 Å². The van der Waals surface area contributed by atoms with Crippen LogP contribution in [0.15, 0.2) is 24.4 Å². The van der Waals surface area contributed by atoms with Crippen molar-refractivity contribution < 1.29 is 9.59 Å². The summed E-state index contributed by atoms with van der Waals surface area (Å²) in [5.41, 5.74) is 7.43. The molecule has 5 rings (SSSR count). The molecule has 3 aromatic rings. The number of para-hydroxylation sites is 1. The predicted molar refractivity (Wildman–Crippen MR) is 144 cm³/mol. The number of primary amides is 1. The van der Waals surface area contributed by atoms with Gasteiger partial charge in [-0.2, -0.15) is 4.98 Å². The second-order valence-electron chi connectivity index (χ2n) is 9.79. The maximum atomic E-state index is 11.9. The third-order valence-electron chi connectivity index (χ3n) is 7.30. The summed E-state index contributed by atoms with van der Waals surface area (Å²) in [4.78, 5) is 39.6. The third kappa shape index (κ3) is 5.45. The highest BCUT2D eigenvalue weighted by Gasteiger charge is 2.30. The van der Waals surface area contributed by atoms with E-state index in [1.807, 2.05) is 4.90 Å². The van der Waals surface area contributed by atoms with Crippen LogP contribution in [0.1, 0.15) is 51.5 Å². The van der Waals surface area contributed by atoms with Crippen LogP contribution in [0, 0.1) is 5.92 Å². The first kappa shape index (κ1) is 25.5. The molecule has 2 aliphatic rings. The van der Waals surface area contributed by atoms with Gasteiger partial charge in [0.25, 0.3) is 0 Å². The number of rotatable bonds is 6. The van der Waals surface area contributed by atoms with Crippen molar-refractivity contribution in [2.24, 2.45) is 11.7 Å². The first-order chi connectivity index (χ1) is 17.8. The van der Waals surface area contributed by atoms with E-state index in [9.17, 15) is 9.59 Å². The number of piperidine rings is 1. The number of hydrogen-bond donors (Lipinski definition) is 3. The first-order valence-corrected chi connectivity index (χ1v) is 13.3. The lowest BCUT2D eigenvalue weighted by atomic mass is 9.85. The number of aromatic nitrogens is 4. The summed E-state index contributed by atoms with van der Waals surface area (Å²) in [6.07, 6.45) is 6.46. The number of carbonyl (C=O) groups excluding carboxylic acids is 2. The molecule has 12 heteroatoms. The van der Waals surface area contributed by atoms with Crippen molar-refractivity contribution in [1.82, 2.24) is 24.4 Å². The second-order valence-corrected chi connectivity index (χ2v) is 10.6. The van der Waals surface area contributed by atoms with Crippen molar-refractivity contribution in [2.75, 3.05) is 23.7 Å². The molecule has 4 N–H and O–H groups in total. The maximum Gasteiger partial charge on any atom is 0.225 e. The zero-order chi connectivity index (χ0) is 26.1. The predicted octanol–water partition coefficient (Wildman–Crippen LogP) is 4.52. The van der Waals surface area contributed by atoms with Gasteiger partial charge in [-0.1, -0.05) is 29.3 Å². The lowest BCUT2D eigenvalue weighted by Crippen LogP contribution is -2.44. The van der Waals surface area contributed by atoms with Crippen LogP contribution in [0.25, 0.3) is 11.2 Å². The number of anilines is 3. The molecular formula is C25H30Cl2N8O2. The Kier molecular flexibility index (Phi) is 7.39. The number of imidazole rings is 1. The van der Waals surface area contributed by atoms with Crippen LogP contribution in [0.4, 0.5) is 17.6 Å². The van der Waals surface area contributed by atoms with Crippen LogP contribution >= 0.6 is 23.2 Å². The Morgan fingerprint density at radius 2 is 1.81 bits per heavy atom. The van der Waals surface area contributed by atoms with E-state index in [1.54, 1.807) is 31.3 Å². The molecule has 37 heavy (non-hydrogen) atoms. The standard InChI is InChI=1S/C25H30Cl2N8O2/c1-14(36)34-11-3-4-16(13-34)30-24-29-12-20-23(33-24)35(17-9-7-15(8-10-17)22(28)37)25(31-20)32-21-18(26)5-2-6-19(21)27/h2,5-6,12,15-17H,3-4,7-11,13H2,1H3,(H2,28,37)(H,31,32)(H,29,30,33)/t15-,16-,17-/m1/s1. The lowest BCUT2D eigenvalue weighted by Gasteiger charge is -2.32. The molecule has 0 bridgehead atoms. The quantitative estimate of drug-likeness (QED) is 0.415. The number of likely N-dealkylation sites (tertiary alicyclic amines) is 1. The Morgan fingerprint density at radius 1 is 1.08 bits per heavy atom. The lowest BCUT2D eigenvalue weighted by molar-refractivity contribution is -0.129. The number of halogens is 2. The van der Waals surface area contributed by atoms with Gasteiger partial charge in [0.2, 0.25) is 23.7 Å². The molecule has 1 aliphatic carbocycles. The topological polar surface area (TPSA) is 131 Å². The molecule has 2 aromatic heterocycles. The Labute approximate surface area is 224 Å². The van der Waals surface area contributed by atoms with Crippen LogP contribution in [0.5, 0.6) is 0 Å². The maximum absolute atomic E-state index is 11.9. The SMILES string of the molecule is CC(=O)N1CCC[C@@H](Nc2ncc3nc(Nc4c(Cl)cccc4Cl)n([C@H]4CC[C@H](C(N)=O)CC4)c3n2)C1. The highest BCUT2D eigenvalue weighted by atomic mass is 35.5. The van der Waals surface area contributed by atoms with Crippen molar-refractivity contribution >= 4 is 63.8 Å². The summed E-state index contributed by atoms with van der Waals surface area (Å²) in [7, 11) is 0. The number of nitrogens with two attached hydrogens (primary N) is 1. The number of nitrogens with one attached hydrogen (secondary N) is 2.